The largest absolute Gasteiger partial charge is 0.486 e. The van der Waals surface area contributed by atoms with Crippen LogP contribution in [0.25, 0.3) is 0 Å². The van der Waals surface area contributed by atoms with Crippen LogP contribution in [0.5, 0.6) is 11.5 Å². The van der Waals surface area contributed by atoms with Gasteiger partial charge in [-0.3, -0.25) is 19.6 Å². The van der Waals surface area contributed by atoms with Crippen molar-refractivity contribution in [3.05, 3.63) is 46.3 Å². The van der Waals surface area contributed by atoms with Gasteiger partial charge in [-0.05, 0) is 18.2 Å². The summed E-state index contributed by atoms with van der Waals surface area (Å²) in [6.07, 6.45) is 2.66. The summed E-state index contributed by atoms with van der Waals surface area (Å²) in [6.45, 7) is 1.24. The zero-order valence-corrected chi connectivity index (χ0v) is 11.6. The monoisotopic (exact) mass is 303 g/mol. The van der Waals surface area contributed by atoms with Crippen LogP contribution in [0.3, 0.4) is 0 Å². The number of Topliss-reactive ketones (excluding diaryl/α,β-unsaturated/α-hetero) is 1. The first-order valence-electron chi connectivity index (χ1n) is 6.73. The molecule has 22 heavy (non-hydrogen) atoms. The molecule has 0 aliphatic carbocycles. The van der Waals surface area contributed by atoms with Gasteiger partial charge in [-0.15, -0.1) is 0 Å². The number of fused-ring (bicyclic) bond motifs is 1. The number of rotatable bonds is 5. The molecule has 1 aliphatic rings. The molecule has 1 aromatic carbocycles. The first kappa shape index (κ1) is 14.1. The van der Waals surface area contributed by atoms with Crippen LogP contribution in [0.4, 0.5) is 5.69 Å². The van der Waals surface area contributed by atoms with E-state index >= 15 is 0 Å². The second-order valence-electron chi connectivity index (χ2n) is 4.75. The van der Waals surface area contributed by atoms with Gasteiger partial charge in [0.2, 0.25) is 0 Å². The quantitative estimate of drug-likeness (QED) is 0.475. The summed E-state index contributed by atoms with van der Waals surface area (Å²) in [7, 11) is 0. The van der Waals surface area contributed by atoms with Gasteiger partial charge in [0, 0.05) is 18.5 Å². The number of aryl methyl sites for hydroxylation is 1. The average molecular weight is 303 g/mol. The van der Waals surface area contributed by atoms with Gasteiger partial charge in [0.1, 0.15) is 25.6 Å². The third-order valence-electron chi connectivity index (χ3n) is 3.26. The first-order valence-corrected chi connectivity index (χ1v) is 6.73. The zero-order chi connectivity index (χ0) is 15.5. The fourth-order valence-corrected chi connectivity index (χ4v) is 2.15. The van der Waals surface area contributed by atoms with E-state index in [2.05, 4.69) is 5.10 Å². The highest BCUT2D eigenvalue weighted by Crippen LogP contribution is 2.31. The standard InChI is InChI=1S/C14H13N3O5/c18-12(3-4-16-9-11(8-15-16)17(19)20)10-1-2-13-14(7-10)22-6-5-21-13/h1-2,7-9H,3-6H2. The summed E-state index contributed by atoms with van der Waals surface area (Å²) in [5.41, 5.74) is 0.428. The Bertz CT molecular complexity index is 725. The summed E-state index contributed by atoms with van der Waals surface area (Å²) in [5.74, 6) is 1.10. The lowest BCUT2D eigenvalue weighted by molar-refractivity contribution is -0.385. The van der Waals surface area contributed by atoms with E-state index in [-0.39, 0.29) is 24.4 Å². The Morgan fingerprint density at radius 2 is 2.09 bits per heavy atom. The summed E-state index contributed by atoms with van der Waals surface area (Å²) >= 11 is 0. The summed E-state index contributed by atoms with van der Waals surface area (Å²) in [4.78, 5) is 22.2. The fourth-order valence-electron chi connectivity index (χ4n) is 2.15. The Morgan fingerprint density at radius 1 is 1.32 bits per heavy atom. The Labute approximate surface area is 125 Å². The second kappa shape index (κ2) is 5.84. The van der Waals surface area contributed by atoms with Crippen LogP contribution < -0.4 is 9.47 Å². The molecule has 2 heterocycles. The predicted octanol–water partition coefficient (Wildman–Crippen LogP) is 1.84. The molecule has 8 nitrogen and oxygen atoms in total. The first-order chi connectivity index (χ1) is 10.6. The lowest BCUT2D eigenvalue weighted by Crippen LogP contribution is -2.16. The highest BCUT2D eigenvalue weighted by Gasteiger charge is 2.15. The molecule has 0 amide bonds. The molecular weight excluding hydrogens is 290 g/mol. The highest BCUT2D eigenvalue weighted by molar-refractivity contribution is 5.96. The number of hydrogen-bond acceptors (Lipinski definition) is 6. The van der Waals surface area contributed by atoms with Crippen LogP contribution in [0.15, 0.2) is 30.6 Å². The Morgan fingerprint density at radius 3 is 2.82 bits per heavy atom. The minimum atomic E-state index is -0.522. The highest BCUT2D eigenvalue weighted by atomic mass is 16.6. The molecule has 0 unspecified atom stereocenters. The number of nitro groups is 1. The second-order valence-corrected chi connectivity index (χ2v) is 4.75. The number of ether oxygens (including phenoxy) is 2. The molecule has 0 bridgehead atoms. The van der Waals surface area contributed by atoms with E-state index < -0.39 is 4.92 Å². The molecule has 0 atom stereocenters. The van der Waals surface area contributed by atoms with Crippen molar-refractivity contribution in [2.75, 3.05) is 13.2 Å². The van der Waals surface area contributed by atoms with Crippen LogP contribution >= 0.6 is 0 Å². The van der Waals surface area contributed by atoms with E-state index in [0.29, 0.717) is 30.3 Å². The lowest BCUT2D eigenvalue weighted by Gasteiger charge is -2.18. The van der Waals surface area contributed by atoms with Gasteiger partial charge in [0.25, 0.3) is 0 Å². The van der Waals surface area contributed by atoms with E-state index in [1.165, 1.54) is 10.9 Å². The molecule has 3 rings (SSSR count). The van der Waals surface area contributed by atoms with Crippen molar-refractivity contribution in [1.29, 1.82) is 0 Å². The van der Waals surface area contributed by atoms with Gasteiger partial charge in [-0.1, -0.05) is 0 Å². The van der Waals surface area contributed by atoms with E-state index in [1.807, 2.05) is 0 Å². The summed E-state index contributed by atoms with van der Waals surface area (Å²) in [5, 5.41) is 14.4. The van der Waals surface area contributed by atoms with Crippen LogP contribution in [0, 0.1) is 10.1 Å². The molecule has 0 N–H and O–H groups in total. The number of aromatic nitrogens is 2. The number of benzene rings is 1. The molecule has 1 aromatic heterocycles. The van der Waals surface area contributed by atoms with Gasteiger partial charge >= 0.3 is 5.69 Å². The number of carbonyl (C=O) groups excluding carboxylic acids is 1. The SMILES string of the molecule is O=C(CCn1cc([N+](=O)[O-])cn1)c1ccc2c(c1)OCCO2. The fraction of sp³-hybridized carbons (Fsp3) is 0.286. The van der Waals surface area contributed by atoms with Gasteiger partial charge in [-0.2, -0.15) is 5.10 Å². The number of nitrogens with zero attached hydrogens (tertiary/aromatic N) is 3. The summed E-state index contributed by atoms with van der Waals surface area (Å²) in [6, 6.07) is 5.05. The third kappa shape index (κ3) is 2.90. The maximum absolute atomic E-state index is 12.2. The van der Waals surface area contributed by atoms with Crippen LogP contribution in [-0.4, -0.2) is 33.7 Å². The van der Waals surface area contributed by atoms with Gasteiger partial charge in [-0.25, -0.2) is 0 Å². The number of ketones is 1. The molecule has 8 heteroatoms. The minimum Gasteiger partial charge on any atom is -0.486 e. The van der Waals surface area contributed by atoms with Crippen molar-refractivity contribution in [2.24, 2.45) is 0 Å². The van der Waals surface area contributed by atoms with Crippen molar-refractivity contribution < 1.29 is 19.2 Å². The Balaban J connectivity index is 1.65. The van der Waals surface area contributed by atoms with Gasteiger partial charge in [0.05, 0.1) is 4.92 Å². The van der Waals surface area contributed by atoms with E-state index in [1.54, 1.807) is 18.2 Å². The maximum Gasteiger partial charge on any atom is 0.306 e. The Kier molecular flexibility index (Phi) is 3.73. The van der Waals surface area contributed by atoms with Crippen molar-refractivity contribution in [2.45, 2.75) is 13.0 Å². The molecule has 2 aromatic rings. The predicted molar refractivity (Wildman–Crippen MR) is 75.3 cm³/mol. The van der Waals surface area contributed by atoms with E-state index in [0.717, 1.165) is 6.20 Å². The average Bonchev–Trinajstić information content (AvgIpc) is 3.01. The lowest BCUT2D eigenvalue weighted by atomic mass is 10.1. The van der Waals surface area contributed by atoms with Gasteiger partial charge in [0.15, 0.2) is 17.3 Å². The molecule has 0 saturated carbocycles. The number of carbonyl (C=O) groups is 1. The maximum atomic E-state index is 12.2. The number of hydrogen-bond donors (Lipinski definition) is 0. The normalized spacial score (nSPS) is 12.9. The molecule has 0 saturated heterocycles. The molecular formula is C14H13N3O5. The smallest absolute Gasteiger partial charge is 0.306 e. The van der Waals surface area contributed by atoms with Crippen LogP contribution in [-0.2, 0) is 6.54 Å². The molecule has 1 aliphatic heterocycles. The topological polar surface area (TPSA) is 96.5 Å². The third-order valence-corrected chi connectivity index (χ3v) is 3.26. The zero-order valence-electron chi connectivity index (χ0n) is 11.6. The van der Waals surface area contributed by atoms with Gasteiger partial charge < -0.3 is 9.47 Å². The van der Waals surface area contributed by atoms with E-state index in [4.69, 9.17) is 9.47 Å². The van der Waals surface area contributed by atoms with Crippen molar-refractivity contribution in [1.82, 2.24) is 9.78 Å². The molecule has 0 fully saturated rings. The summed E-state index contributed by atoms with van der Waals surface area (Å²) < 4.78 is 12.2. The molecule has 0 radical (unpaired) electrons. The van der Waals surface area contributed by atoms with Crippen molar-refractivity contribution in [3.63, 3.8) is 0 Å². The van der Waals surface area contributed by atoms with Crippen molar-refractivity contribution in [3.8, 4) is 11.5 Å². The van der Waals surface area contributed by atoms with Crippen LogP contribution in [0.1, 0.15) is 16.8 Å². The van der Waals surface area contributed by atoms with Crippen LogP contribution in [0.2, 0.25) is 0 Å². The molecule has 114 valence electrons. The minimum absolute atomic E-state index is 0.0878. The van der Waals surface area contributed by atoms with Crippen molar-refractivity contribution >= 4 is 11.5 Å². The Hall–Kier alpha value is -2.90. The van der Waals surface area contributed by atoms with E-state index in [9.17, 15) is 14.9 Å². The molecule has 0 spiro atoms.